The van der Waals surface area contributed by atoms with Crippen molar-refractivity contribution in [3.63, 3.8) is 0 Å². The second kappa shape index (κ2) is 4.88. The second-order valence-corrected chi connectivity index (χ2v) is 4.88. The van der Waals surface area contributed by atoms with Gasteiger partial charge in [-0.15, -0.1) is 0 Å². The molecule has 1 fully saturated rings. The average molecular weight is 249 g/mol. The van der Waals surface area contributed by atoms with Crippen LogP contribution >= 0.6 is 0 Å². The summed E-state index contributed by atoms with van der Waals surface area (Å²) in [6.07, 6.45) is 3.83. The molecule has 0 amide bonds. The monoisotopic (exact) mass is 249 g/mol. The van der Waals surface area contributed by atoms with Crippen LogP contribution in [0.15, 0.2) is 24.3 Å². The first kappa shape index (κ1) is 12.7. The molecule has 0 bridgehead atoms. The number of carbonyl (C=O) groups excluding carboxylic acids is 1. The molecule has 0 saturated heterocycles. The molecule has 1 aliphatic rings. The molecule has 1 aromatic rings. The van der Waals surface area contributed by atoms with Gasteiger partial charge in [0, 0.05) is 19.8 Å². The van der Waals surface area contributed by atoms with Gasteiger partial charge in [-0.05, 0) is 25.0 Å². The highest BCUT2D eigenvalue weighted by Gasteiger charge is 2.42. The molecule has 18 heavy (non-hydrogen) atoms. The Kier molecular flexibility index (Phi) is 3.45. The van der Waals surface area contributed by atoms with Crippen molar-refractivity contribution in [3.8, 4) is 0 Å². The molecule has 0 heterocycles. The topological polar surface area (TPSA) is 43.1 Å². The van der Waals surface area contributed by atoms with Crippen molar-refractivity contribution in [3.05, 3.63) is 40.9 Å². The summed E-state index contributed by atoms with van der Waals surface area (Å²) in [6.45, 7) is 1.64. The summed E-state index contributed by atoms with van der Waals surface area (Å²) in [7, 11) is 0. The van der Waals surface area contributed by atoms with Crippen molar-refractivity contribution >= 4 is 12.0 Å². The lowest BCUT2D eigenvalue weighted by Gasteiger charge is -2.30. The van der Waals surface area contributed by atoms with Crippen LogP contribution in [0.3, 0.4) is 0 Å². The first-order valence-corrected chi connectivity index (χ1v) is 6.13. The van der Waals surface area contributed by atoms with Gasteiger partial charge in [0.1, 0.15) is 5.82 Å². The number of hydrogen-bond acceptors (Lipinski definition) is 2. The third kappa shape index (κ3) is 2.28. The lowest BCUT2D eigenvalue weighted by Crippen LogP contribution is -2.47. The van der Waals surface area contributed by atoms with Crippen LogP contribution in [0.5, 0.6) is 0 Å². The van der Waals surface area contributed by atoms with E-state index >= 15 is 0 Å². The summed E-state index contributed by atoms with van der Waals surface area (Å²) in [6, 6.07) is 6.05. The van der Waals surface area contributed by atoms with Gasteiger partial charge in [-0.1, -0.05) is 12.1 Å². The fraction of sp³-hybridized carbons (Fsp3) is 0.429. The van der Waals surface area contributed by atoms with Crippen molar-refractivity contribution in [2.75, 3.05) is 0 Å². The highest BCUT2D eigenvalue weighted by Crippen LogP contribution is 2.27. The summed E-state index contributed by atoms with van der Waals surface area (Å²) >= 11 is 0. The Labute approximate surface area is 106 Å². The molecule has 0 aromatic heterocycles. The van der Waals surface area contributed by atoms with Gasteiger partial charge in [0.2, 0.25) is 11.3 Å². The van der Waals surface area contributed by atoms with Crippen molar-refractivity contribution in [1.29, 1.82) is 0 Å². The number of benzene rings is 1. The van der Waals surface area contributed by atoms with Gasteiger partial charge in [0.15, 0.2) is 6.21 Å². The van der Waals surface area contributed by atoms with E-state index < -0.39 is 11.4 Å². The largest absolute Gasteiger partial charge is 0.623 e. The molecular weight excluding hydrogens is 233 g/mol. The predicted molar refractivity (Wildman–Crippen MR) is 67.1 cm³/mol. The smallest absolute Gasteiger partial charge is 0.227 e. The number of Topliss-reactive ketones (excluding diaryl/α,β-unsaturated/α-hetero) is 1. The lowest BCUT2D eigenvalue weighted by atomic mass is 9.82. The molecule has 0 N–H and O–H groups in total. The van der Waals surface area contributed by atoms with E-state index in [4.69, 9.17) is 0 Å². The summed E-state index contributed by atoms with van der Waals surface area (Å²) in [5, 5.41) is 12.1. The van der Waals surface area contributed by atoms with Crippen LogP contribution in [0.2, 0.25) is 0 Å². The maximum absolute atomic E-state index is 13.5. The van der Waals surface area contributed by atoms with E-state index in [1.807, 2.05) is 0 Å². The summed E-state index contributed by atoms with van der Waals surface area (Å²) in [5.74, 6) is -0.512. The van der Waals surface area contributed by atoms with Gasteiger partial charge in [0.05, 0.1) is 5.56 Å². The molecule has 1 saturated carbocycles. The molecular formula is C14H16FNO2. The predicted octanol–water partition coefficient (Wildman–Crippen LogP) is 2.66. The average Bonchev–Trinajstić information content (AvgIpc) is 2.36. The Morgan fingerprint density at radius 2 is 2.11 bits per heavy atom. The third-order valence-electron chi connectivity index (χ3n) is 3.57. The number of hydrogen-bond donors (Lipinski definition) is 0. The SMILES string of the molecule is C[C@@]1(/[N+]([O-])=C/c2ccccc2F)CCCCC1=O. The number of hydroxylamine groups is 1. The van der Waals surface area contributed by atoms with Crippen LogP contribution in [-0.2, 0) is 4.79 Å². The molecule has 0 spiro atoms. The van der Waals surface area contributed by atoms with Crippen LogP contribution in [0, 0.1) is 11.0 Å². The molecule has 96 valence electrons. The van der Waals surface area contributed by atoms with Crippen LogP contribution in [0.25, 0.3) is 0 Å². The summed E-state index contributed by atoms with van der Waals surface area (Å²) < 4.78 is 14.1. The van der Waals surface area contributed by atoms with Crippen molar-refractivity contribution in [2.45, 2.75) is 38.1 Å². The number of rotatable bonds is 2. The number of ketones is 1. The standard InChI is InChI=1S/C14H16FNO2/c1-14(9-5-4-8-13(14)17)16(18)10-11-6-2-3-7-12(11)15/h2-3,6-7,10H,4-5,8-9H2,1H3/b16-10-/t14-/m1/s1. The normalized spacial score (nSPS) is 25.2. The maximum atomic E-state index is 13.5. The number of halogens is 1. The van der Waals surface area contributed by atoms with E-state index in [2.05, 4.69) is 0 Å². The van der Waals surface area contributed by atoms with E-state index in [0.717, 1.165) is 12.8 Å². The zero-order chi connectivity index (χ0) is 13.2. The minimum absolute atomic E-state index is 0.0589. The molecule has 0 unspecified atom stereocenters. The Morgan fingerprint density at radius 1 is 1.39 bits per heavy atom. The quantitative estimate of drug-likeness (QED) is 0.350. The molecule has 0 aliphatic heterocycles. The van der Waals surface area contributed by atoms with E-state index in [1.54, 1.807) is 19.1 Å². The van der Waals surface area contributed by atoms with Gasteiger partial charge in [-0.2, -0.15) is 4.74 Å². The second-order valence-electron chi connectivity index (χ2n) is 4.88. The van der Waals surface area contributed by atoms with E-state index in [-0.39, 0.29) is 11.3 Å². The zero-order valence-corrected chi connectivity index (χ0v) is 10.4. The Morgan fingerprint density at radius 3 is 2.78 bits per heavy atom. The van der Waals surface area contributed by atoms with Gasteiger partial charge < -0.3 is 5.21 Å². The molecule has 0 radical (unpaired) electrons. The van der Waals surface area contributed by atoms with E-state index in [9.17, 15) is 14.4 Å². The Hall–Kier alpha value is -1.71. The Balaban J connectivity index is 2.33. The first-order valence-electron chi connectivity index (χ1n) is 6.13. The summed E-state index contributed by atoms with van der Waals surface area (Å²) in [5.41, 5.74) is -0.826. The fourth-order valence-electron chi connectivity index (χ4n) is 2.25. The molecule has 1 aromatic carbocycles. The zero-order valence-electron chi connectivity index (χ0n) is 10.4. The van der Waals surface area contributed by atoms with Crippen LogP contribution in [0.4, 0.5) is 4.39 Å². The van der Waals surface area contributed by atoms with Crippen molar-refractivity contribution in [1.82, 2.24) is 0 Å². The molecule has 3 nitrogen and oxygen atoms in total. The van der Waals surface area contributed by atoms with Crippen molar-refractivity contribution < 1.29 is 13.9 Å². The minimum Gasteiger partial charge on any atom is -0.623 e. The lowest BCUT2D eigenvalue weighted by molar-refractivity contribution is -0.525. The van der Waals surface area contributed by atoms with Gasteiger partial charge >= 0.3 is 0 Å². The van der Waals surface area contributed by atoms with Crippen LogP contribution in [-0.4, -0.2) is 22.3 Å². The molecule has 2 rings (SSSR count). The fourth-order valence-corrected chi connectivity index (χ4v) is 2.25. The van der Waals surface area contributed by atoms with Gasteiger partial charge in [-0.3, -0.25) is 4.79 Å². The number of carbonyl (C=O) groups is 1. The van der Waals surface area contributed by atoms with Gasteiger partial charge in [-0.25, -0.2) is 4.39 Å². The molecule has 1 atom stereocenters. The van der Waals surface area contributed by atoms with E-state index in [1.165, 1.54) is 18.3 Å². The first-order chi connectivity index (χ1) is 8.54. The molecule has 4 heteroatoms. The number of nitrogens with zero attached hydrogens (tertiary/aromatic N) is 1. The minimum atomic E-state index is -1.04. The third-order valence-corrected chi connectivity index (χ3v) is 3.57. The van der Waals surface area contributed by atoms with E-state index in [0.29, 0.717) is 17.6 Å². The highest BCUT2D eigenvalue weighted by molar-refractivity contribution is 5.88. The van der Waals surface area contributed by atoms with Crippen LogP contribution < -0.4 is 0 Å². The Bertz CT molecular complexity index is 498. The molecule has 1 aliphatic carbocycles. The maximum Gasteiger partial charge on any atom is 0.227 e. The van der Waals surface area contributed by atoms with Gasteiger partial charge in [0.25, 0.3) is 0 Å². The van der Waals surface area contributed by atoms with Crippen molar-refractivity contribution in [2.24, 2.45) is 0 Å². The summed E-state index contributed by atoms with van der Waals surface area (Å²) in [4.78, 5) is 11.9. The van der Waals surface area contributed by atoms with Crippen LogP contribution in [0.1, 0.15) is 38.2 Å². The highest BCUT2D eigenvalue weighted by atomic mass is 19.1.